The molecule has 0 saturated heterocycles. The molecule has 0 spiro atoms. The molecule has 0 fully saturated rings. The molecular weight excluding hydrogens is 236 g/mol. The molecule has 0 aliphatic rings. The summed E-state index contributed by atoms with van der Waals surface area (Å²) in [4.78, 5) is 14.3. The third-order valence-electron chi connectivity index (χ3n) is 2.38. The van der Waals surface area contributed by atoms with E-state index in [1.54, 1.807) is 0 Å². The minimum Gasteiger partial charge on any atom is -0.497 e. The summed E-state index contributed by atoms with van der Waals surface area (Å²) in [5.41, 5.74) is 0.124. The van der Waals surface area contributed by atoms with E-state index in [1.807, 2.05) is 6.07 Å². The second-order valence-electron chi connectivity index (χ2n) is 3.34. The third-order valence-corrected chi connectivity index (χ3v) is 2.38. The number of nitrogens with zero attached hydrogens (tertiary/aromatic N) is 4. The van der Waals surface area contributed by atoms with E-state index in [2.05, 4.69) is 4.98 Å². The number of nitriles is 1. The highest BCUT2D eigenvalue weighted by Gasteiger charge is 2.18. The van der Waals surface area contributed by atoms with Crippen LogP contribution in [0.1, 0.15) is 5.82 Å². The van der Waals surface area contributed by atoms with Crippen molar-refractivity contribution in [3.63, 3.8) is 0 Å². The normalized spacial score (nSPS) is 9.78. The van der Waals surface area contributed by atoms with Gasteiger partial charge in [-0.2, -0.15) is 5.26 Å². The number of methoxy groups -OCH3 is 1. The Labute approximate surface area is 102 Å². The zero-order valence-electron chi connectivity index (χ0n) is 9.40. The van der Waals surface area contributed by atoms with E-state index in [0.717, 1.165) is 0 Å². The lowest BCUT2D eigenvalue weighted by Gasteiger charge is -2.07. The molecule has 0 amide bonds. The number of nitro benzene ring substituents is 1. The first-order valence-corrected chi connectivity index (χ1v) is 4.93. The van der Waals surface area contributed by atoms with E-state index in [9.17, 15) is 10.1 Å². The number of ether oxygens (including phenoxy) is 1. The van der Waals surface area contributed by atoms with Gasteiger partial charge in [0.25, 0.3) is 5.69 Å². The molecule has 0 radical (unpaired) electrons. The highest BCUT2D eigenvalue weighted by Crippen LogP contribution is 2.28. The summed E-state index contributed by atoms with van der Waals surface area (Å²) in [6.07, 6.45) is 2.89. The molecule has 18 heavy (non-hydrogen) atoms. The maximum atomic E-state index is 11.0. The first-order valence-electron chi connectivity index (χ1n) is 4.93. The molecule has 1 aromatic heterocycles. The lowest BCUT2D eigenvalue weighted by atomic mass is 10.2. The molecule has 0 unspecified atom stereocenters. The summed E-state index contributed by atoms with van der Waals surface area (Å²) >= 11 is 0. The van der Waals surface area contributed by atoms with Gasteiger partial charge >= 0.3 is 0 Å². The first-order chi connectivity index (χ1) is 8.67. The Morgan fingerprint density at radius 1 is 1.56 bits per heavy atom. The average Bonchev–Trinajstić information content (AvgIpc) is 2.85. The van der Waals surface area contributed by atoms with Gasteiger partial charge in [-0.1, -0.05) is 0 Å². The predicted molar refractivity (Wildman–Crippen MR) is 61.5 cm³/mol. The van der Waals surface area contributed by atoms with Crippen LogP contribution in [-0.4, -0.2) is 21.6 Å². The van der Waals surface area contributed by atoms with Crippen molar-refractivity contribution in [1.82, 2.24) is 9.55 Å². The van der Waals surface area contributed by atoms with Gasteiger partial charge in [-0.05, 0) is 6.07 Å². The van der Waals surface area contributed by atoms with Crippen molar-refractivity contribution in [2.45, 2.75) is 0 Å². The maximum Gasteiger partial charge on any atom is 0.293 e. The minimum absolute atomic E-state index is 0.0753. The standard InChI is InChI=1S/C11H8N4O3/c1-18-8-2-3-9(15(16)17)10(6-8)14-5-4-13-11(14)7-12/h2-6H,1H3. The predicted octanol–water partition coefficient (Wildman–Crippen LogP) is 1.66. The summed E-state index contributed by atoms with van der Waals surface area (Å²) < 4.78 is 6.37. The van der Waals surface area contributed by atoms with Crippen LogP contribution in [0.2, 0.25) is 0 Å². The molecule has 0 bridgehead atoms. The molecule has 7 heteroatoms. The van der Waals surface area contributed by atoms with Crippen molar-refractivity contribution < 1.29 is 9.66 Å². The van der Waals surface area contributed by atoms with Crippen LogP contribution >= 0.6 is 0 Å². The lowest BCUT2D eigenvalue weighted by Crippen LogP contribution is -2.02. The zero-order valence-corrected chi connectivity index (χ0v) is 9.40. The number of nitro groups is 1. The molecule has 2 aromatic rings. The molecule has 0 aliphatic carbocycles. The van der Waals surface area contributed by atoms with Crippen LogP contribution in [0.4, 0.5) is 5.69 Å². The van der Waals surface area contributed by atoms with Crippen molar-refractivity contribution >= 4 is 5.69 Å². The largest absolute Gasteiger partial charge is 0.497 e. The Morgan fingerprint density at radius 2 is 2.33 bits per heavy atom. The van der Waals surface area contributed by atoms with Crippen LogP contribution in [0.15, 0.2) is 30.6 Å². The summed E-state index contributed by atoms with van der Waals surface area (Å²) in [6.45, 7) is 0. The van der Waals surface area contributed by atoms with Gasteiger partial charge in [-0.15, -0.1) is 0 Å². The van der Waals surface area contributed by atoms with Gasteiger partial charge in [0.2, 0.25) is 5.82 Å². The fourth-order valence-electron chi connectivity index (χ4n) is 1.56. The van der Waals surface area contributed by atoms with Crippen LogP contribution < -0.4 is 4.74 Å². The van der Waals surface area contributed by atoms with Gasteiger partial charge < -0.3 is 4.74 Å². The molecular formula is C11H8N4O3. The number of aromatic nitrogens is 2. The Kier molecular flexibility index (Phi) is 2.93. The van der Waals surface area contributed by atoms with Crippen molar-refractivity contribution in [2.24, 2.45) is 0 Å². The van der Waals surface area contributed by atoms with Crippen LogP contribution in [0.3, 0.4) is 0 Å². The van der Waals surface area contributed by atoms with Crippen molar-refractivity contribution in [3.05, 3.63) is 46.5 Å². The summed E-state index contributed by atoms with van der Waals surface area (Å²) in [5.74, 6) is 0.541. The molecule has 0 saturated carbocycles. The van der Waals surface area contributed by atoms with Gasteiger partial charge in [-0.25, -0.2) is 4.98 Å². The van der Waals surface area contributed by atoms with Gasteiger partial charge in [0.05, 0.1) is 12.0 Å². The summed E-state index contributed by atoms with van der Waals surface area (Å²) in [6, 6.07) is 6.17. The van der Waals surface area contributed by atoms with E-state index in [-0.39, 0.29) is 17.2 Å². The van der Waals surface area contributed by atoms with Gasteiger partial charge in [0.15, 0.2) is 0 Å². The quantitative estimate of drug-likeness (QED) is 0.604. The Bertz CT molecular complexity index is 642. The van der Waals surface area contributed by atoms with E-state index >= 15 is 0 Å². The smallest absolute Gasteiger partial charge is 0.293 e. The van der Waals surface area contributed by atoms with E-state index in [4.69, 9.17) is 10.00 Å². The molecule has 2 rings (SSSR count). The van der Waals surface area contributed by atoms with Crippen molar-refractivity contribution in [1.29, 1.82) is 5.26 Å². The minimum atomic E-state index is -0.518. The average molecular weight is 244 g/mol. The zero-order chi connectivity index (χ0) is 13.1. The lowest BCUT2D eigenvalue weighted by molar-refractivity contribution is -0.384. The van der Waals surface area contributed by atoms with Crippen LogP contribution in [0, 0.1) is 21.4 Å². The molecule has 7 nitrogen and oxygen atoms in total. The molecule has 90 valence electrons. The van der Waals surface area contributed by atoms with Gasteiger partial charge in [0.1, 0.15) is 17.5 Å². The second-order valence-corrected chi connectivity index (χ2v) is 3.34. The molecule has 0 aliphatic heterocycles. The van der Waals surface area contributed by atoms with Crippen LogP contribution in [-0.2, 0) is 0 Å². The Morgan fingerprint density at radius 3 is 2.94 bits per heavy atom. The van der Waals surface area contributed by atoms with Crippen LogP contribution in [0.5, 0.6) is 5.75 Å². The molecule has 1 aromatic carbocycles. The van der Waals surface area contributed by atoms with Crippen LogP contribution in [0.25, 0.3) is 5.69 Å². The molecule has 1 heterocycles. The maximum absolute atomic E-state index is 11.0. The highest BCUT2D eigenvalue weighted by molar-refractivity contribution is 5.57. The van der Waals surface area contributed by atoms with Gasteiger partial charge in [0, 0.05) is 24.5 Å². The monoisotopic (exact) mass is 244 g/mol. The van der Waals surface area contributed by atoms with Crippen molar-refractivity contribution in [2.75, 3.05) is 7.11 Å². The van der Waals surface area contributed by atoms with Crippen molar-refractivity contribution in [3.8, 4) is 17.5 Å². The fraction of sp³-hybridized carbons (Fsp3) is 0.0909. The number of rotatable bonds is 3. The van der Waals surface area contributed by atoms with E-state index in [1.165, 1.54) is 42.3 Å². The Balaban J connectivity index is 2.68. The fourth-order valence-corrected chi connectivity index (χ4v) is 1.56. The topological polar surface area (TPSA) is 94.0 Å². The van der Waals surface area contributed by atoms with E-state index < -0.39 is 4.92 Å². The first kappa shape index (κ1) is 11.6. The van der Waals surface area contributed by atoms with Gasteiger partial charge in [-0.3, -0.25) is 14.7 Å². The highest BCUT2D eigenvalue weighted by atomic mass is 16.6. The number of hydrogen-bond donors (Lipinski definition) is 0. The Hall–Kier alpha value is -2.88. The molecule has 0 N–H and O–H groups in total. The number of hydrogen-bond acceptors (Lipinski definition) is 5. The van der Waals surface area contributed by atoms with E-state index in [0.29, 0.717) is 5.75 Å². The molecule has 0 atom stereocenters. The second kappa shape index (κ2) is 4.55. The number of benzene rings is 1. The SMILES string of the molecule is COc1ccc([N+](=O)[O-])c(-n2ccnc2C#N)c1. The third kappa shape index (κ3) is 1.87. The summed E-state index contributed by atoms with van der Waals surface area (Å²) in [5, 5.41) is 19.9. The summed E-state index contributed by atoms with van der Waals surface area (Å²) in [7, 11) is 1.46. The number of imidazole rings is 1.